The van der Waals surface area contributed by atoms with E-state index in [0.717, 1.165) is 44.4 Å². The molecule has 0 spiro atoms. The molecule has 186 valence electrons. The number of nitrogens with two attached hydrogens (primary N) is 1. The molecule has 1 aliphatic rings. The zero-order chi connectivity index (χ0) is 25.3. The summed E-state index contributed by atoms with van der Waals surface area (Å²) < 4.78 is 1.94. The van der Waals surface area contributed by atoms with Crippen molar-refractivity contribution in [1.82, 2.24) is 19.5 Å². The minimum absolute atomic E-state index is 0.402. The van der Waals surface area contributed by atoms with E-state index in [1.165, 1.54) is 44.5 Å². The number of piperidine rings is 1. The highest BCUT2D eigenvalue weighted by atomic mass is 15.3. The predicted molar refractivity (Wildman–Crippen MR) is 147 cm³/mol. The van der Waals surface area contributed by atoms with E-state index in [1.54, 1.807) is 6.33 Å². The van der Waals surface area contributed by atoms with Gasteiger partial charge in [-0.1, -0.05) is 52.0 Å². The molecule has 0 unspecified atom stereocenters. The second kappa shape index (κ2) is 10.3. The Bertz CT molecular complexity index is 1260. The van der Waals surface area contributed by atoms with Crippen molar-refractivity contribution < 1.29 is 0 Å². The Balaban J connectivity index is 1.85. The second-order valence-electron chi connectivity index (χ2n) is 10.4. The van der Waals surface area contributed by atoms with E-state index >= 15 is 0 Å². The Morgan fingerprint density at radius 1 is 1.11 bits per heavy atom. The molecule has 1 saturated heterocycles. The lowest BCUT2D eigenvalue weighted by molar-refractivity contribution is 0.261. The van der Waals surface area contributed by atoms with Crippen LogP contribution in [0.4, 0.5) is 0 Å². The second-order valence-corrected chi connectivity index (χ2v) is 10.4. The number of hydrogen-bond donors (Lipinski definition) is 1. The smallest absolute Gasteiger partial charge is 0.158 e. The van der Waals surface area contributed by atoms with Crippen LogP contribution in [-0.2, 0) is 0 Å². The molecule has 5 nitrogen and oxygen atoms in total. The van der Waals surface area contributed by atoms with E-state index in [9.17, 15) is 0 Å². The van der Waals surface area contributed by atoms with Gasteiger partial charge in [0.25, 0.3) is 0 Å². The maximum absolute atomic E-state index is 5.95. The van der Waals surface area contributed by atoms with Gasteiger partial charge in [0.05, 0.1) is 5.82 Å². The van der Waals surface area contributed by atoms with Gasteiger partial charge >= 0.3 is 0 Å². The van der Waals surface area contributed by atoms with Crippen LogP contribution in [0.5, 0.6) is 0 Å². The number of likely N-dealkylation sites (tertiary alicyclic amines) is 1. The largest absolute Gasteiger partial charge is 0.386 e. The molecule has 3 heterocycles. The first-order valence-corrected chi connectivity index (χ1v) is 13.1. The average Bonchev–Trinajstić information content (AvgIpc) is 3.31. The number of nitrogens with zero attached hydrogens (tertiary/aromatic N) is 4. The molecule has 0 aliphatic carbocycles. The van der Waals surface area contributed by atoms with E-state index in [2.05, 4.69) is 87.5 Å². The summed E-state index contributed by atoms with van der Waals surface area (Å²) in [6.07, 6.45) is 8.20. The highest BCUT2D eigenvalue weighted by molar-refractivity contribution is 5.93. The summed E-state index contributed by atoms with van der Waals surface area (Å²) in [5.74, 6) is 1.65. The summed E-state index contributed by atoms with van der Waals surface area (Å²) in [5, 5.41) is 4.48. The van der Waals surface area contributed by atoms with Crippen molar-refractivity contribution in [3.8, 4) is 0 Å². The summed E-state index contributed by atoms with van der Waals surface area (Å²) in [4.78, 5) is 6.68. The van der Waals surface area contributed by atoms with Crippen LogP contribution >= 0.6 is 0 Å². The van der Waals surface area contributed by atoms with Crippen LogP contribution in [0.2, 0.25) is 0 Å². The van der Waals surface area contributed by atoms with Crippen LogP contribution in [0, 0.1) is 26.7 Å². The Morgan fingerprint density at radius 2 is 1.83 bits per heavy atom. The van der Waals surface area contributed by atoms with Gasteiger partial charge in [0.2, 0.25) is 0 Å². The Labute approximate surface area is 210 Å². The van der Waals surface area contributed by atoms with E-state index in [0.29, 0.717) is 17.7 Å². The van der Waals surface area contributed by atoms with Crippen LogP contribution < -0.4 is 5.73 Å². The molecule has 0 atom stereocenters. The van der Waals surface area contributed by atoms with Crippen molar-refractivity contribution in [2.75, 3.05) is 13.1 Å². The molecule has 0 amide bonds. The molecular formula is C30H41N5. The van der Waals surface area contributed by atoms with Crippen molar-refractivity contribution in [2.24, 2.45) is 11.7 Å². The zero-order valence-corrected chi connectivity index (χ0v) is 22.4. The van der Waals surface area contributed by atoms with Gasteiger partial charge in [0.15, 0.2) is 5.65 Å². The number of benzene rings is 1. The molecule has 1 aromatic carbocycles. The van der Waals surface area contributed by atoms with Crippen LogP contribution in [0.1, 0.15) is 85.8 Å². The minimum atomic E-state index is 0.402. The van der Waals surface area contributed by atoms with E-state index in [1.807, 2.05) is 4.52 Å². The fraction of sp³-hybridized carbons (Fsp3) is 0.467. The highest BCUT2D eigenvalue weighted by Gasteiger charge is 2.24. The minimum Gasteiger partial charge on any atom is -0.386 e. The van der Waals surface area contributed by atoms with E-state index < -0.39 is 0 Å². The molecule has 5 heteroatoms. The van der Waals surface area contributed by atoms with Crippen LogP contribution in [-0.4, -0.2) is 32.6 Å². The number of hydrogen-bond acceptors (Lipinski definition) is 4. The lowest BCUT2D eigenvalue weighted by Crippen LogP contribution is -2.34. The van der Waals surface area contributed by atoms with Crippen LogP contribution in [0.25, 0.3) is 16.8 Å². The molecule has 3 aromatic rings. The fourth-order valence-electron chi connectivity index (χ4n) is 5.68. The van der Waals surface area contributed by atoms with Crippen molar-refractivity contribution in [3.05, 3.63) is 76.5 Å². The molecule has 4 rings (SSSR count). The van der Waals surface area contributed by atoms with Gasteiger partial charge in [-0.05, 0) is 96.4 Å². The topological polar surface area (TPSA) is 59.5 Å². The monoisotopic (exact) mass is 471 g/mol. The lowest BCUT2D eigenvalue weighted by atomic mass is 9.80. The third kappa shape index (κ3) is 4.86. The summed E-state index contributed by atoms with van der Waals surface area (Å²) in [6.45, 7) is 19.5. The SMILES string of the molecule is C=C(N)N1CCC(c2ccc(C)c(/C(=C(\CCC)c3cn4ncnc4c(C)c3C)C(C)C)c2)CC1. The summed E-state index contributed by atoms with van der Waals surface area (Å²) in [6, 6.07) is 7.14. The first-order valence-electron chi connectivity index (χ1n) is 13.1. The standard InChI is InChI=1S/C30H41N5/c1-8-9-26(28-17-35-30(32-18-33-35)22(6)21(28)5)29(19(2)3)27-16-25(11-10-20(27)4)24-12-14-34(15-13-24)23(7)31/h10-11,16-19,24H,7-9,12-15,31H2,1-6H3/b29-26+. The number of rotatable bonds is 7. The Morgan fingerprint density at radius 3 is 2.46 bits per heavy atom. The normalized spacial score (nSPS) is 15.7. The number of pyridine rings is 1. The average molecular weight is 472 g/mol. The number of fused-ring (bicyclic) bond motifs is 1. The predicted octanol–water partition coefficient (Wildman–Crippen LogP) is 6.63. The number of aromatic nitrogens is 3. The maximum atomic E-state index is 5.95. The van der Waals surface area contributed by atoms with Gasteiger partial charge in [0, 0.05) is 19.3 Å². The molecule has 0 radical (unpaired) electrons. The van der Waals surface area contributed by atoms with Gasteiger partial charge in [0.1, 0.15) is 6.33 Å². The molecule has 2 N–H and O–H groups in total. The lowest BCUT2D eigenvalue weighted by Gasteiger charge is -2.34. The van der Waals surface area contributed by atoms with Crippen molar-refractivity contribution >= 4 is 16.8 Å². The summed E-state index contributed by atoms with van der Waals surface area (Å²) >= 11 is 0. The third-order valence-corrected chi connectivity index (χ3v) is 7.78. The Hall–Kier alpha value is -3.08. The molecule has 1 aliphatic heterocycles. The first-order chi connectivity index (χ1) is 16.7. The van der Waals surface area contributed by atoms with Crippen molar-refractivity contribution in [1.29, 1.82) is 0 Å². The van der Waals surface area contributed by atoms with Gasteiger partial charge < -0.3 is 10.6 Å². The molecular weight excluding hydrogens is 430 g/mol. The Kier molecular flexibility index (Phi) is 7.34. The van der Waals surface area contributed by atoms with Crippen LogP contribution in [0.15, 0.2) is 43.1 Å². The highest BCUT2D eigenvalue weighted by Crippen LogP contribution is 2.40. The zero-order valence-electron chi connectivity index (χ0n) is 22.4. The molecule has 2 aromatic heterocycles. The molecule has 1 fully saturated rings. The molecule has 35 heavy (non-hydrogen) atoms. The quantitative estimate of drug-likeness (QED) is 0.420. The van der Waals surface area contributed by atoms with Crippen LogP contribution in [0.3, 0.4) is 0 Å². The van der Waals surface area contributed by atoms with Crippen molar-refractivity contribution in [2.45, 2.75) is 73.1 Å². The third-order valence-electron chi connectivity index (χ3n) is 7.78. The molecule has 0 bridgehead atoms. The van der Waals surface area contributed by atoms with Gasteiger partial charge in [-0.15, -0.1) is 0 Å². The number of allylic oxidation sites excluding steroid dienone is 2. The summed E-state index contributed by atoms with van der Waals surface area (Å²) in [7, 11) is 0. The first kappa shape index (κ1) is 25.0. The summed E-state index contributed by atoms with van der Waals surface area (Å²) in [5.41, 5.74) is 17.8. The van der Waals surface area contributed by atoms with Gasteiger partial charge in [-0.2, -0.15) is 5.10 Å². The molecule has 0 saturated carbocycles. The van der Waals surface area contributed by atoms with E-state index in [4.69, 9.17) is 5.73 Å². The van der Waals surface area contributed by atoms with Gasteiger partial charge in [-0.3, -0.25) is 0 Å². The number of aryl methyl sites for hydroxylation is 2. The van der Waals surface area contributed by atoms with Crippen molar-refractivity contribution in [3.63, 3.8) is 0 Å². The van der Waals surface area contributed by atoms with Gasteiger partial charge in [-0.25, -0.2) is 9.50 Å². The maximum Gasteiger partial charge on any atom is 0.158 e. The fourth-order valence-corrected chi connectivity index (χ4v) is 5.68. The van der Waals surface area contributed by atoms with E-state index in [-0.39, 0.29) is 0 Å².